The molecule has 1 aromatic heterocycles. The van der Waals surface area contributed by atoms with Gasteiger partial charge in [0.25, 0.3) is 0 Å². The first-order valence-corrected chi connectivity index (χ1v) is 7.74. The average Bonchev–Trinajstić information content (AvgIpc) is 2.67. The molecule has 0 saturated heterocycles. The van der Waals surface area contributed by atoms with Crippen molar-refractivity contribution >= 4 is 18.0 Å². The van der Waals surface area contributed by atoms with Crippen LogP contribution in [0.15, 0.2) is 33.3 Å². The Morgan fingerprint density at radius 1 is 1.24 bits per heavy atom. The van der Waals surface area contributed by atoms with Crippen molar-refractivity contribution in [2.45, 2.75) is 43.5 Å². The number of aromatic nitrogens is 2. The molecule has 2 rings (SSSR count). The Balaban J connectivity index is 2.47. The fourth-order valence-electron chi connectivity index (χ4n) is 2.29. The second-order valence-corrected chi connectivity index (χ2v) is 6.61. The van der Waals surface area contributed by atoms with Crippen molar-refractivity contribution in [3.8, 4) is 0 Å². The van der Waals surface area contributed by atoms with Crippen molar-refractivity contribution in [3.05, 3.63) is 40.8 Å². The summed E-state index contributed by atoms with van der Waals surface area (Å²) in [6, 6.07) is 6.52. The Hall–Kier alpha value is -1.75. The first-order valence-electron chi connectivity index (χ1n) is 6.92. The molecule has 0 aliphatic carbocycles. The average molecular weight is 303 g/mol. The summed E-state index contributed by atoms with van der Waals surface area (Å²) in [6.07, 6.45) is 1.37. The second kappa shape index (κ2) is 6.35. The molecule has 112 valence electrons. The molecule has 0 radical (unpaired) electrons. The number of imidazole rings is 1. The Morgan fingerprint density at radius 2 is 1.86 bits per heavy atom. The predicted molar refractivity (Wildman–Crippen MR) is 86.7 cm³/mol. The third kappa shape index (κ3) is 3.47. The van der Waals surface area contributed by atoms with Crippen LogP contribution in [0.5, 0.6) is 0 Å². The van der Waals surface area contributed by atoms with Gasteiger partial charge in [0.05, 0.1) is 5.69 Å². The van der Waals surface area contributed by atoms with E-state index in [0.29, 0.717) is 11.7 Å². The summed E-state index contributed by atoms with van der Waals surface area (Å²) in [6.45, 7) is 8.45. The van der Waals surface area contributed by atoms with Crippen LogP contribution in [0.4, 0.5) is 0 Å². The van der Waals surface area contributed by atoms with Gasteiger partial charge >= 0.3 is 0 Å². The quantitative estimate of drug-likeness (QED) is 0.525. The van der Waals surface area contributed by atoms with E-state index in [0.717, 1.165) is 10.7 Å². The lowest BCUT2D eigenvalue weighted by Gasteiger charge is -2.09. The van der Waals surface area contributed by atoms with Crippen LogP contribution in [0.1, 0.15) is 42.4 Å². The van der Waals surface area contributed by atoms with E-state index in [1.807, 2.05) is 11.6 Å². The second-order valence-electron chi connectivity index (χ2n) is 5.54. The minimum absolute atomic E-state index is 0.311. The normalized spacial score (nSPS) is 11.7. The first kappa shape index (κ1) is 15.6. The standard InChI is InChI=1S/C16H21N3OS/c1-10(2)15-16(19(5)14(18-15)9-17-20)21-13-7-11(3)6-12(4)8-13/h6-10,20H,1-5H3. The molecule has 0 saturated carbocycles. The topological polar surface area (TPSA) is 50.4 Å². The molecule has 1 aromatic carbocycles. The Morgan fingerprint density at radius 3 is 2.38 bits per heavy atom. The van der Waals surface area contributed by atoms with Crippen LogP contribution in [0, 0.1) is 13.8 Å². The molecule has 2 aromatic rings. The molecule has 0 spiro atoms. The van der Waals surface area contributed by atoms with Gasteiger partial charge in [0.15, 0.2) is 5.82 Å². The molecule has 1 N–H and O–H groups in total. The molecule has 0 bridgehead atoms. The van der Waals surface area contributed by atoms with Crippen LogP contribution in [0.2, 0.25) is 0 Å². The maximum atomic E-state index is 8.75. The van der Waals surface area contributed by atoms with Crippen molar-refractivity contribution in [3.63, 3.8) is 0 Å². The maximum Gasteiger partial charge on any atom is 0.155 e. The molecule has 5 heteroatoms. The highest BCUT2D eigenvalue weighted by Crippen LogP contribution is 2.34. The summed E-state index contributed by atoms with van der Waals surface area (Å²) in [5.41, 5.74) is 3.53. The number of nitrogens with zero attached hydrogens (tertiary/aromatic N) is 3. The summed E-state index contributed by atoms with van der Waals surface area (Å²) in [5, 5.41) is 12.9. The highest BCUT2D eigenvalue weighted by Gasteiger charge is 2.17. The fraction of sp³-hybridized carbons (Fsp3) is 0.375. The minimum atomic E-state index is 0.311. The number of rotatable bonds is 4. The zero-order valence-electron chi connectivity index (χ0n) is 13.1. The van der Waals surface area contributed by atoms with Crippen LogP contribution < -0.4 is 0 Å². The lowest BCUT2D eigenvalue weighted by molar-refractivity contribution is 0.321. The number of oxime groups is 1. The van der Waals surface area contributed by atoms with E-state index in [1.165, 1.54) is 22.2 Å². The van der Waals surface area contributed by atoms with Crippen molar-refractivity contribution in [1.82, 2.24) is 9.55 Å². The summed E-state index contributed by atoms with van der Waals surface area (Å²) in [7, 11) is 1.95. The van der Waals surface area contributed by atoms with E-state index < -0.39 is 0 Å². The van der Waals surface area contributed by atoms with Gasteiger partial charge in [-0.2, -0.15) is 0 Å². The van der Waals surface area contributed by atoms with Crippen molar-refractivity contribution in [2.24, 2.45) is 12.2 Å². The summed E-state index contributed by atoms with van der Waals surface area (Å²) >= 11 is 1.70. The van der Waals surface area contributed by atoms with Crippen LogP contribution in [0.25, 0.3) is 0 Å². The molecule has 0 aliphatic heterocycles. The number of hydrogen-bond acceptors (Lipinski definition) is 4. The van der Waals surface area contributed by atoms with Gasteiger partial charge in [-0.3, -0.25) is 0 Å². The van der Waals surface area contributed by atoms with Gasteiger partial charge in [-0.25, -0.2) is 4.98 Å². The van der Waals surface area contributed by atoms with Crippen LogP contribution >= 0.6 is 11.8 Å². The molecule has 0 aliphatic rings. The molecule has 0 amide bonds. The van der Waals surface area contributed by atoms with E-state index in [1.54, 1.807) is 11.8 Å². The Labute approximate surface area is 129 Å². The molecule has 4 nitrogen and oxygen atoms in total. The van der Waals surface area contributed by atoms with Gasteiger partial charge in [0.1, 0.15) is 11.2 Å². The zero-order valence-corrected chi connectivity index (χ0v) is 13.9. The van der Waals surface area contributed by atoms with Crippen LogP contribution in [-0.2, 0) is 7.05 Å². The minimum Gasteiger partial charge on any atom is -0.411 e. The van der Waals surface area contributed by atoms with E-state index in [9.17, 15) is 0 Å². The Bertz CT molecular complexity index is 654. The third-order valence-electron chi connectivity index (χ3n) is 3.23. The number of hydrogen-bond donors (Lipinski definition) is 1. The van der Waals surface area contributed by atoms with Gasteiger partial charge in [-0.1, -0.05) is 36.8 Å². The molecular formula is C16H21N3OS. The highest BCUT2D eigenvalue weighted by atomic mass is 32.2. The number of aryl methyl sites for hydroxylation is 2. The predicted octanol–water partition coefficient (Wildman–Crippen LogP) is 4.12. The smallest absolute Gasteiger partial charge is 0.155 e. The lowest BCUT2D eigenvalue weighted by Crippen LogP contribution is -1.98. The highest BCUT2D eigenvalue weighted by molar-refractivity contribution is 7.99. The summed E-state index contributed by atoms with van der Waals surface area (Å²) < 4.78 is 1.97. The fourth-order valence-corrected chi connectivity index (χ4v) is 3.62. The van der Waals surface area contributed by atoms with E-state index in [2.05, 4.69) is 56.0 Å². The van der Waals surface area contributed by atoms with Gasteiger partial charge in [0.2, 0.25) is 0 Å². The van der Waals surface area contributed by atoms with E-state index >= 15 is 0 Å². The monoisotopic (exact) mass is 303 g/mol. The molecule has 0 unspecified atom stereocenters. The Kier molecular flexibility index (Phi) is 4.73. The van der Waals surface area contributed by atoms with Gasteiger partial charge in [0, 0.05) is 11.9 Å². The van der Waals surface area contributed by atoms with E-state index in [-0.39, 0.29) is 0 Å². The first-order chi connectivity index (χ1) is 9.92. The van der Waals surface area contributed by atoms with Crippen molar-refractivity contribution in [2.75, 3.05) is 0 Å². The molecule has 1 heterocycles. The van der Waals surface area contributed by atoms with Crippen molar-refractivity contribution < 1.29 is 5.21 Å². The summed E-state index contributed by atoms with van der Waals surface area (Å²) in [5.74, 6) is 0.971. The van der Waals surface area contributed by atoms with Crippen LogP contribution in [0.3, 0.4) is 0 Å². The van der Waals surface area contributed by atoms with Crippen LogP contribution in [-0.4, -0.2) is 21.0 Å². The number of benzene rings is 1. The SMILES string of the molecule is Cc1cc(C)cc(Sc2c(C(C)C)nc(C=NO)n2C)c1. The molecule has 0 fully saturated rings. The summed E-state index contributed by atoms with van der Waals surface area (Å²) in [4.78, 5) is 5.77. The molecule has 0 atom stereocenters. The third-order valence-corrected chi connectivity index (χ3v) is 4.38. The molecular weight excluding hydrogens is 282 g/mol. The maximum absolute atomic E-state index is 8.75. The van der Waals surface area contributed by atoms with Crippen molar-refractivity contribution in [1.29, 1.82) is 0 Å². The molecule has 21 heavy (non-hydrogen) atoms. The zero-order chi connectivity index (χ0) is 15.6. The largest absolute Gasteiger partial charge is 0.411 e. The van der Waals surface area contributed by atoms with Gasteiger partial charge in [-0.05, 0) is 43.0 Å². The van der Waals surface area contributed by atoms with Gasteiger partial charge in [-0.15, -0.1) is 0 Å². The van der Waals surface area contributed by atoms with E-state index in [4.69, 9.17) is 5.21 Å². The lowest BCUT2D eigenvalue weighted by atomic mass is 10.1. The van der Waals surface area contributed by atoms with Gasteiger partial charge < -0.3 is 9.77 Å².